The Morgan fingerprint density at radius 3 is 2.55 bits per heavy atom. The molecule has 2 aromatic carbocycles. The van der Waals surface area contributed by atoms with Crippen molar-refractivity contribution in [3.8, 4) is 0 Å². The molecule has 112 valence electrons. The maximum atomic E-state index is 11.8. The van der Waals surface area contributed by atoms with E-state index in [1.54, 1.807) is 25.1 Å². The highest BCUT2D eigenvalue weighted by Crippen LogP contribution is 2.22. The highest BCUT2D eigenvalue weighted by atomic mass is 79.9. The van der Waals surface area contributed by atoms with Crippen molar-refractivity contribution >= 4 is 39.3 Å². The second-order valence-corrected chi connectivity index (χ2v) is 5.55. The summed E-state index contributed by atoms with van der Waals surface area (Å²) in [5, 5.41) is 13.5. The normalized spacial score (nSPS) is 10.6. The summed E-state index contributed by atoms with van der Waals surface area (Å²) < 4.78 is 0.959. The van der Waals surface area contributed by atoms with E-state index in [-0.39, 0.29) is 11.6 Å². The lowest BCUT2D eigenvalue weighted by Crippen LogP contribution is -2.08. The van der Waals surface area contributed by atoms with Crippen molar-refractivity contribution in [3.05, 3.63) is 74.3 Å². The summed E-state index contributed by atoms with van der Waals surface area (Å²) >= 11 is 3.34. The van der Waals surface area contributed by atoms with E-state index < -0.39 is 4.92 Å². The van der Waals surface area contributed by atoms with E-state index in [0.29, 0.717) is 11.3 Å². The number of nitrogens with one attached hydrogen (secondary N) is 1. The number of nitro benzene ring substituents is 1. The van der Waals surface area contributed by atoms with Crippen molar-refractivity contribution in [2.24, 2.45) is 0 Å². The van der Waals surface area contributed by atoms with E-state index in [9.17, 15) is 14.9 Å². The van der Waals surface area contributed by atoms with Crippen LogP contribution < -0.4 is 5.32 Å². The molecule has 0 unspecified atom stereocenters. The summed E-state index contributed by atoms with van der Waals surface area (Å²) in [6.45, 7) is 1.65. The summed E-state index contributed by atoms with van der Waals surface area (Å²) in [5.74, 6) is -0.346. The van der Waals surface area contributed by atoms with Gasteiger partial charge in [0.05, 0.1) is 4.92 Å². The molecule has 1 N–H and O–H groups in total. The van der Waals surface area contributed by atoms with E-state index in [0.717, 1.165) is 10.0 Å². The molecule has 0 aromatic heterocycles. The summed E-state index contributed by atoms with van der Waals surface area (Å²) in [6.07, 6.45) is 3.05. The third-order valence-electron chi connectivity index (χ3n) is 2.97. The van der Waals surface area contributed by atoms with Crippen LogP contribution in [0.25, 0.3) is 6.08 Å². The predicted molar refractivity (Wildman–Crippen MR) is 89.6 cm³/mol. The van der Waals surface area contributed by atoms with Crippen molar-refractivity contribution < 1.29 is 9.72 Å². The Balaban J connectivity index is 2.07. The summed E-state index contributed by atoms with van der Waals surface area (Å²) in [6, 6.07) is 12.1. The number of amides is 1. The molecule has 0 spiro atoms. The van der Waals surface area contributed by atoms with Gasteiger partial charge in [-0.2, -0.15) is 0 Å². The maximum absolute atomic E-state index is 11.8. The lowest BCUT2D eigenvalue weighted by atomic mass is 10.2. The molecule has 1 amide bonds. The van der Waals surface area contributed by atoms with Crippen molar-refractivity contribution in [2.75, 3.05) is 5.32 Å². The van der Waals surface area contributed by atoms with Crippen LogP contribution in [-0.2, 0) is 4.79 Å². The van der Waals surface area contributed by atoms with Crippen molar-refractivity contribution in [3.63, 3.8) is 0 Å². The number of carbonyl (C=O) groups is 1. The first-order valence-corrected chi connectivity index (χ1v) is 7.24. The molecule has 0 bridgehead atoms. The number of benzene rings is 2. The van der Waals surface area contributed by atoms with Crippen LogP contribution in [0.2, 0.25) is 0 Å². The van der Waals surface area contributed by atoms with Gasteiger partial charge in [0.25, 0.3) is 5.69 Å². The molecule has 0 saturated heterocycles. The zero-order chi connectivity index (χ0) is 16.1. The van der Waals surface area contributed by atoms with Crippen LogP contribution in [0.1, 0.15) is 11.1 Å². The lowest BCUT2D eigenvalue weighted by molar-refractivity contribution is -0.385. The van der Waals surface area contributed by atoms with Crippen LogP contribution in [0, 0.1) is 17.0 Å². The molecule has 0 atom stereocenters. The molecule has 6 heteroatoms. The quantitative estimate of drug-likeness (QED) is 0.501. The Morgan fingerprint density at radius 2 is 1.91 bits per heavy atom. The fourth-order valence-corrected chi connectivity index (χ4v) is 2.08. The standard InChI is InChI=1S/C16H13BrN2O3/c1-11-2-8-14(10-15(11)19(21)22)18-16(20)9-5-12-3-6-13(17)7-4-12/h2-10H,1H3,(H,18,20). The van der Waals surface area contributed by atoms with Crippen molar-refractivity contribution in [1.82, 2.24) is 0 Å². The summed E-state index contributed by atoms with van der Waals surface area (Å²) in [4.78, 5) is 22.2. The molecule has 0 radical (unpaired) electrons. The average Bonchev–Trinajstić information content (AvgIpc) is 2.48. The van der Waals surface area contributed by atoms with Crippen molar-refractivity contribution in [2.45, 2.75) is 6.92 Å². The third kappa shape index (κ3) is 4.26. The highest BCUT2D eigenvalue weighted by molar-refractivity contribution is 9.10. The number of aryl methyl sites for hydroxylation is 1. The third-order valence-corrected chi connectivity index (χ3v) is 3.50. The largest absolute Gasteiger partial charge is 0.322 e. The topological polar surface area (TPSA) is 72.2 Å². The fraction of sp³-hybridized carbons (Fsp3) is 0.0625. The van der Waals surface area contributed by atoms with Gasteiger partial charge in [0.1, 0.15) is 0 Å². The molecule has 0 aliphatic rings. The van der Waals surface area contributed by atoms with Crippen LogP contribution in [-0.4, -0.2) is 10.8 Å². The Bertz CT molecular complexity index is 740. The average molecular weight is 361 g/mol. The molecular formula is C16H13BrN2O3. The number of rotatable bonds is 4. The predicted octanol–water partition coefficient (Wildman–Crippen LogP) is 4.32. The molecule has 0 heterocycles. The Kier molecular flexibility index (Phi) is 5.06. The second-order valence-electron chi connectivity index (χ2n) is 4.63. The van der Waals surface area contributed by atoms with E-state index in [4.69, 9.17) is 0 Å². The van der Waals surface area contributed by atoms with Crippen LogP contribution in [0.4, 0.5) is 11.4 Å². The van der Waals surface area contributed by atoms with E-state index in [1.807, 2.05) is 24.3 Å². The number of carbonyl (C=O) groups excluding carboxylic acids is 1. The molecule has 0 aliphatic carbocycles. The molecule has 5 nitrogen and oxygen atoms in total. The highest BCUT2D eigenvalue weighted by Gasteiger charge is 2.11. The lowest BCUT2D eigenvalue weighted by Gasteiger charge is -2.03. The zero-order valence-corrected chi connectivity index (χ0v) is 13.3. The number of nitrogens with zero attached hydrogens (tertiary/aromatic N) is 1. The Labute approximate surface area is 135 Å². The SMILES string of the molecule is Cc1ccc(NC(=O)C=Cc2ccc(Br)cc2)cc1[N+](=O)[O-]. The summed E-state index contributed by atoms with van der Waals surface area (Å²) in [5.41, 5.74) is 1.80. The van der Waals surface area contributed by atoms with Gasteiger partial charge < -0.3 is 5.32 Å². The van der Waals surface area contributed by atoms with Crippen LogP contribution in [0.5, 0.6) is 0 Å². The van der Waals surface area contributed by atoms with Gasteiger partial charge in [-0.05, 0) is 36.8 Å². The number of hydrogen-bond donors (Lipinski definition) is 1. The van der Waals surface area contributed by atoms with Gasteiger partial charge in [-0.3, -0.25) is 14.9 Å². The Morgan fingerprint density at radius 1 is 1.23 bits per heavy atom. The number of halogens is 1. The van der Waals surface area contributed by atoms with Crippen LogP contribution in [0.15, 0.2) is 53.0 Å². The number of nitro groups is 1. The first-order valence-electron chi connectivity index (χ1n) is 6.45. The molecule has 0 fully saturated rings. The van der Waals surface area contributed by atoms with E-state index >= 15 is 0 Å². The van der Waals surface area contributed by atoms with Gasteiger partial charge in [0.2, 0.25) is 5.91 Å². The van der Waals surface area contributed by atoms with Gasteiger partial charge >= 0.3 is 0 Å². The van der Waals surface area contributed by atoms with Gasteiger partial charge in [0, 0.05) is 27.9 Å². The number of anilines is 1. The monoisotopic (exact) mass is 360 g/mol. The fourth-order valence-electron chi connectivity index (χ4n) is 1.81. The van der Waals surface area contributed by atoms with Gasteiger partial charge in [0.15, 0.2) is 0 Å². The van der Waals surface area contributed by atoms with Gasteiger partial charge in [-0.1, -0.05) is 34.1 Å². The minimum atomic E-state index is -0.470. The minimum absolute atomic E-state index is 0.0188. The molecule has 22 heavy (non-hydrogen) atoms. The van der Waals surface area contributed by atoms with E-state index in [1.165, 1.54) is 12.1 Å². The first-order chi connectivity index (χ1) is 10.5. The first kappa shape index (κ1) is 15.9. The molecule has 2 aromatic rings. The smallest absolute Gasteiger partial charge is 0.274 e. The minimum Gasteiger partial charge on any atom is -0.322 e. The second kappa shape index (κ2) is 7.00. The molecular weight excluding hydrogens is 348 g/mol. The molecule has 2 rings (SSSR count). The number of hydrogen-bond acceptors (Lipinski definition) is 3. The van der Waals surface area contributed by atoms with Crippen LogP contribution in [0.3, 0.4) is 0 Å². The van der Waals surface area contributed by atoms with Gasteiger partial charge in [-0.15, -0.1) is 0 Å². The summed E-state index contributed by atoms with van der Waals surface area (Å²) in [7, 11) is 0. The van der Waals surface area contributed by atoms with E-state index in [2.05, 4.69) is 21.2 Å². The van der Waals surface area contributed by atoms with Crippen molar-refractivity contribution in [1.29, 1.82) is 0 Å². The Hall–Kier alpha value is -2.47. The maximum Gasteiger partial charge on any atom is 0.274 e. The molecule has 0 aliphatic heterocycles. The van der Waals surface area contributed by atoms with Crippen LogP contribution >= 0.6 is 15.9 Å². The zero-order valence-electron chi connectivity index (χ0n) is 11.7. The molecule has 0 saturated carbocycles. The van der Waals surface area contributed by atoms with Gasteiger partial charge in [-0.25, -0.2) is 0 Å².